The van der Waals surface area contributed by atoms with Gasteiger partial charge in [-0.15, -0.1) is 0 Å². The number of nitrogens with zero attached hydrogens (tertiary/aromatic N) is 1. The average Bonchev–Trinajstić information content (AvgIpc) is 2.93. The molecule has 0 aliphatic carbocycles. The molecule has 0 fully saturated rings. The second-order valence-corrected chi connectivity index (χ2v) is 5.28. The lowest BCUT2D eigenvalue weighted by Crippen LogP contribution is -1.93. The van der Waals surface area contributed by atoms with Gasteiger partial charge in [-0.25, -0.2) is 0 Å². The predicted molar refractivity (Wildman–Crippen MR) is 94.7 cm³/mol. The van der Waals surface area contributed by atoms with Crippen molar-refractivity contribution in [2.45, 2.75) is 0 Å². The molecule has 2 aromatic carbocycles. The molecule has 4 rings (SSSR count). The Morgan fingerprint density at radius 1 is 0.917 bits per heavy atom. The average molecular weight is 317 g/mol. The maximum absolute atomic E-state index is 5.95. The number of ether oxygens (including phenoxy) is 1. The van der Waals surface area contributed by atoms with Gasteiger partial charge in [0.15, 0.2) is 5.58 Å². The number of aromatic nitrogens is 1. The van der Waals surface area contributed by atoms with Crippen LogP contribution in [0.25, 0.3) is 11.0 Å². The van der Waals surface area contributed by atoms with Crippen molar-refractivity contribution in [3.05, 3.63) is 73.1 Å². The zero-order chi connectivity index (χ0) is 16.4. The lowest BCUT2D eigenvalue weighted by atomic mass is 10.2. The third kappa shape index (κ3) is 2.75. The summed E-state index contributed by atoms with van der Waals surface area (Å²) in [6.45, 7) is 0. The largest absolute Gasteiger partial charge is 0.457 e. The number of para-hydroxylation sites is 1. The van der Waals surface area contributed by atoms with Crippen LogP contribution >= 0.6 is 0 Å². The summed E-state index contributed by atoms with van der Waals surface area (Å²) in [5.41, 5.74) is 8.24. The first-order valence-corrected chi connectivity index (χ1v) is 7.51. The number of pyridine rings is 1. The van der Waals surface area contributed by atoms with Gasteiger partial charge in [-0.3, -0.25) is 4.98 Å². The third-order valence-electron chi connectivity index (χ3n) is 3.62. The van der Waals surface area contributed by atoms with Gasteiger partial charge in [-0.05, 0) is 42.5 Å². The van der Waals surface area contributed by atoms with Crippen LogP contribution in [0.1, 0.15) is 0 Å². The Balaban J connectivity index is 1.56. The lowest BCUT2D eigenvalue weighted by Gasteiger charge is -2.08. The summed E-state index contributed by atoms with van der Waals surface area (Å²) in [4.78, 5) is 4.03. The molecule has 3 N–H and O–H groups in total. The summed E-state index contributed by atoms with van der Waals surface area (Å²) in [5, 5.41) is 4.18. The minimum atomic E-state index is 0.336. The summed E-state index contributed by atoms with van der Waals surface area (Å²) in [6, 6.07) is 19.2. The Morgan fingerprint density at radius 3 is 2.46 bits per heavy atom. The number of nitrogens with two attached hydrogens (primary N) is 1. The normalized spacial score (nSPS) is 10.7. The quantitative estimate of drug-likeness (QED) is 0.557. The Kier molecular flexibility index (Phi) is 3.51. The maximum Gasteiger partial charge on any atom is 0.215 e. The van der Waals surface area contributed by atoms with E-state index < -0.39 is 0 Å². The molecule has 5 nitrogen and oxygen atoms in total. The number of rotatable bonds is 4. The summed E-state index contributed by atoms with van der Waals surface area (Å²) in [5.74, 6) is 1.90. The van der Waals surface area contributed by atoms with E-state index in [-0.39, 0.29) is 0 Å². The highest BCUT2D eigenvalue weighted by Gasteiger charge is 2.11. The van der Waals surface area contributed by atoms with Gasteiger partial charge in [0.05, 0.1) is 6.20 Å². The highest BCUT2D eigenvalue weighted by Crippen LogP contribution is 2.35. The number of nitrogens with one attached hydrogen (secondary N) is 1. The minimum absolute atomic E-state index is 0.336. The van der Waals surface area contributed by atoms with Crippen molar-refractivity contribution < 1.29 is 9.15 Å². The van der Waals surface area contributed by atoms with Crippen molar-refractivity contribution >= 4 is 28.2 Å². The van der Waals surface area contributed by atoms with Gasteiger partial charge >= 0.3 is 0 Å². The Hall–Kier alpha value is -3.47. The number of nitrogen functional groups attached to an aromatic ring is 1. The molecular weight excluding hydrogens is 302 g/mol. The van der Waals surface area contributed by atoms with Crippen LogP contribution in [0.15, 0.2) is 77.5 Å². The molecule has 0 bridgehead atoms. The smallest absolute Gasteiger partial charge is 0.215 e. The number of hydrogen-bond acceptors (Lipinski definition) is 5. The van der Waals surface area contributed by atoms with Gasteiger partial charge in [0.2, 0.25) is 5.88 Å². The fourth-order valence-electron chi connectivity index (χ4n) is 2.47. The van der Waals surface area contributed by atoms with Gasteiger partial charge in [-0.2, -0.15) is 0 Å². The fraction of sp³-hybridized carbons (Fsp3) is 0. The molecule has 2 heterocycles. The Labute approximate surface area is 138 Å². The molecule has 0 unspecified atom stereocenters. The van der Waals surface area contributed by atoms with Gasteiger partial charge in [0, 0.05) is 17.3 Å². The van der Waals surface area contributed by atoms with Gasteiger partial charge in [0.1, 0.15) is 17.2 Å². The van der Waals surface area contributed by atoms with Crippen molar-refractivity contribution in [2.24, 2.45) is 0 Å². The first-order chi connectivity index (χ1) is 11.8. The van der Waals surface area contributed by atoms with Crippen LogP contribution in [0, 0.1) is 0 Å². The molecule has 24 heavy (non-hydrogen) atoms. The summed E-state index contributed by atoms with van der Waals surface area (Å²) in [7, 11) is 0. The molecule has 0 saturated carbocycles. The van der Waals surface area contributed by atoms with Crippen LogP contribution in [0.2, 0.25) is 0 Å². The molecule has 0 spiro atoms. The zero-order valence-corrected chi connectivity index (χ0v) is 12.8. The van der Waals surface area contributed by atoms with Crippen LogP contribution in [-0.2, 0) is 0 Å². The van der Waals surface area contributed by atoms with Crippen molar-refractivity contribution in [2.75, 3.05) is 11.1 Å². The van der Waals surface area contributed by atoms with Crippen LogP contribution in [0.5, 0.6) is 11.5 Å². The zero-order valence-electron chi connectivity index (χ0n) is 12.8. The monoisotopic (exact) mass is 317 g/mol. The molecule has 0 radical (unpaired) electrons. The SMILES string of the molecule is Nc1oc2cnccc2c1Nc1ccc(Oc2ccccc2)cc1. The van der Waals surface area contributed by atoms with E-state index in [1.807, 2.05) is 60.7 Å². The Bertz CT molecular complexity index is 963. The van der Waals surface area contributed by atoms with Gasteiger partial charge in [-0.1, -0.05) is 18.2 Å². The number of benzene rings is 2. The molecule has 0 saturated heterocycles. The standard InChI is InChI=1S/C19H15N3O2/c20-19-18(16-10-11-21-12-17(16)24-19)22-13-6-8-15(9-7-13)23-14-4-2-1-3-5-14/h1-12,22H,20H2. The highest BCUT2D eigenvalue weighted by atomic mass is 16.5. The number of furan rings is 1. The van der Waals surface area contributed by atoms with E-state index in [0.717, 1.165) is 28.3 Å². The van der Waals surface area contributed by atoms with E-state index in [4.69, 9.17) is 14.9 Å². The first-order valence-electron chi connectivity index (χ1n) is 7.51. The second-order valence-electron chi connectivity index (χ2n) is 5.28. The maximum atomic E-state index is 5.95. The summed E-state index contributed by atoms with van der Waals surface area (Å²) >= 11 is 0. The van der Waals surface area contributed by atoms with E-state index in [1.54, 1.807) is 12.4 Å². The highest BCUT2D eigenvalue weighted by molar-refractivity contribution is 5.97. The Morgan fingerprint density at radius 2 is 1.67 bits per heavy atom. The molecule has 2 aromatic heterocycles. The molecule has 5 heteroatoms. The van der Waals surface area contributed by atoms with E-state index in [9.17, 15) is 0 Å². The van der Waals surface area contributed by atoms with Gasteiger partial charge in [0.25, 0.3) is 0 Å². The third-order valence-corrected chi connectivity index (χ3v) is 3.62. The second kappa shape index (κ2) is 5.96. The molecule has 0 atom stereocenters. The fourth-order valence-corrected chi connectivity index (χ4v) is 2.47. The lowest BCUT2D eigenvalue weighted by molar-refractivity contribution is 0.483. The first kappa shape index (κ1) is 14.1. The molecule has 118 valence electrons. The molecule has 0 amide bonds. The minimum Gasteiger partial charge on any atom is -0.457 e. The van der Waals surface area contributed by atoms with Crippen LogP contribution in [0.3, 0.4) is 0 Å². The summed E-state index contributed by atoms with van der Waals surface area (Å²) in [6.07, 6.45) is 3.35. The van der Waals surface area contributed by atoms with Crippen LogP contribution in [0.4, 0.5) is 17.3 Å². The predicted octanol–water partition coefficient (Wildman–Crippen LogP) is 4.95. The molecule has 0 aliphatic heterocycles. The molecule has 0 aliphatic rings. The van der Waals surface area contributed by atoms with E-state index in [1.165, 1.54) is 0 Å². The summed E-state index contributed by atoms with van der Waals surface area (Å²) < 4.78 is 11.3. The number of anilines is 3. The van der Waals surface area contributed by atoms with Crippen molar-refractivity contribution in [1.82, 2.24) is 4.98 Å². The van der Waals surface area contributed by atoms with Crippen molar-refractivity contribution in [1.29, 1.82) is 0 Å². The van der Waals surface area contributed by atoms with Crippen LogP contribution in [-0.4, -0.2) is 4.98 Å². The van der Waals surface area contributed by atoms with Gasteiger partial charge < -0.3 is 20.2 Å². The number of hydrogen-bond donors (Lipinski definition) is 2. The van der Waals surface area contributed by atoms with E-state index in [2.05, 4.69) is 10.3 Å². The number of fused-ring (bicyclic) bond motifs is 1. The molecule has 4 aromatic rings. The van der Waals surface area contributed by atoms with E-state index in [0.29, 0.717) is 11.5 Å². The topological polar surface area (TPSA) is 73.3 Å². The van der Waals surface area contributed by atoms with Crippen LogP contribution < -0.4 is 15.8 Å². The van der Waals surface area contributed by atoms with Crippen molar-refractivity contribution in [3.63, 3.8) is 0 Å². The van der Waals surface area contributed by atoms with E-state index >= 15 is 0 Å². The molecular formula is C19H15N3O2. The van der Waals surface area contributed by atoms with Crippen molar-refractivity contribution in [3.8, 4) is 11.5 Å².